The molecule has 1 heterocycles. The van der Waals surface area contributed by atoms with Gasteiger partial charge in [-0.2, -0.15) is 0 Å². The molecule has 0 fully saturated rings. The lowest BCUT2D eigenvalue weighted by Crippen LogP contribution is -2.42. The number of aromatic nitrogens is 3. The Morgan fingerprint density at radius 2 is 2.38 bits per heavy atom. The highest BCUT2D eigenvalue weighted by Crippen LogP contribution is 2.15. The van der Waals surface area contributed by atoms with Gasteiger partial charge in [0.1, 0.15) is 5.82 Å². The number of aryl methyl sites for hydroxylation is 1. The quantitative estimate of drug-likeness (QED) is 0.707. The Kier molecular flexibility index (Phi) is 2.87. The van der Waals surface area contributed by atoms with Crippen LogP contribution in [-0.2, 0) is 7.05 Å². The molecule has 0 spiro atoms. The summed E-state index contributed by atoms with van der Waals surface area (Å²) in [6.45, 7) is 4.78. The molecular weight excluding hydrogens is 166 g/mol. The molecule has 1 aromatic rings. The first-order valence-electron chi connectivity index (χ1n) is 4.44. The van der Waals surface area contributed by atoms with Crippen LogP contribution in [0.2, 0.25) is 0 Å². The van der Waals surface area contributed by atoms with E-state index in [1.54, 1.807) is 10.9 Å². The molecule has 1 aromatic heterocycles. The van der Waals surface area contributed by atoms with Crippen molar-refractivity contribution in [3.63, 3.8) is 0 Å². The third-order valence-corrected chi connectivity index (χ3v) is 2.38. The van der Waals surface area contributed by atoms with E-state index in [2.05, 4.69) is 29.5 Å². The second-order valence-electron chi connectivity index (χ2n) is 3.49. The minimum atomic E-state index is -0.0739. The van der Waals surface area contributed by atoms with Gasteiger partial charge in [-0.3, -0.25) is 0 Å². The minimum absolute atomic E-state index is 0.0739. The van der Waals surface area contributed by atoms with Crippen molar-refractivity contribution >= 4 is 5.82 Å². The van der Waals surface area contributed by atoms with Gasteiger partial charge in [-0.15, -0.1) is 5.10 Å². The van der Waals surface area contributed by atoms with Crippen molar-refractivity contribution in [1.82, 2.24) is 15.0 Å². The molecule has 0 radical (unpaired) electrons. The molecule has 5 nitrogen and oxygen atoms in total. The van der Waals surface area contributed by atoms with Gasteiger partial charge < -0.3 is 11.1 Å². The van der Waals surface area contributed by atoms with Gasteiger partial charge in [0.2, 0.25) is 0 Å². The summed E-state index contributed by atoms with van der Waals surface area (Å²) in [6, 6.07) is 0. The van der Waals surface area contributed by atoms with E-state index in [-0.39, 0.29) is 5.54 Å². The monoisotopic (exact) mass is 183 g/mol. The molecule has 0 bridgehead atoms. The second kappa shape index (κ2) is 3.74. The van der Waals surface area contributed by atoms with Crippen LogP contribution < -0.4 is 11.1 Å². The fourth-order valence-electron chi connectivity index (χ4n) is 0.996. The largest absolute Gasteiger partial charge is 0.363 e. The number of rotatable bonds is 4. The Hall–Kier alpha value is -1.10. The molecule has 13 heavy (non-hydrogen) atoms. The minimum Gasteiger partial charge on any atom is -0.363 e. The first-order chi connectivity index (χ1) is 6.11. The van der Waals surface area contributed by atoms with Crippen molar-refractivity contribution in [2.24, 2.45) is 12.8 Å². The molecule has 5 heteroatoms. The number of hydrogen-bond donors (Lipinski definition) is 2. The maximum Gasteiger partial charge on any atom is 0.144 e. The summed E-state index contributed by atoms with van der Waals surface area (Å²) in [5.41, 5.74) is 5.60. The molecule has 0 aliphatic heterocycles. The van der Waals surface area contributed by atoms with Gasteiger partial charge in [0, 0.05) is 19.1 Å². The van der Waals surface area contributed by atoms with E-state index in [1.807, 2.05) is 7.05 Å². The molecule has 1 atom stereocenters. The average Bonchev–Trinajstić information content (AvgIpc) is 2.52. The van der Waals surface area contributed by atoms with E-state index in [0.29, 0.717) is 6.54 Å². The van der Waals surface area contributed by atoms with Gasteiger partial charge in [-0.25, -0.2) is 4.68 Å². The van der Waals surface area contributed by atoms with Crippen molar-refractivity contribution in [3.05, 3.63) is 6.20 Å². The smallest absolute Gasteiger partial charge is 0.144 e. The van der Waals surface area contributed by atoms with E-state index < -0.39 is 0 Å². The fourth-order valence-corrected chi connectivity index (χ4v) is 0.996. The third-order valence-electron chi connectivity index (χ3n) is 2.38. The summed E-state index contributed by atoms with van der Waals surface area (Å²) in [4.78, 5) is 0. The van der Waals surface area contributed by atoms with Gasteiger partial charge >= 0.3 is 0 Å². The zero-order valence-electron chi connectivity index (χ0n) is 8.41. The van der Waals surface area contributed by atoms with Crippen molar-refractivity contribution in [2.45, 2.75) is 25.8 Å². The lowest BCUT2D eigenvalue weighted by Gasteiger charge is -2.28. The van der Waals surface area contributed by atoms with Crippen LogP contribution in [0.3, 0.4) is 0 Å². The number of hydrogen-bond acceptors (Lipinski definition) is 4. The van der Waals surface area contributed by atoms with Gasteiger partial charge in [-0.05, 0) is 13.3 Å². The number of nitrogens with one attached hydrogen (secondary N) is 1. The average molecular weight is 183 g/mol. The van der Waals surface area contributed by atoms with Gasteiger partial charge in [0.25, 0.3) is 0 Å². The molecule has 0 amide bonds. The van der Waals surface area contributed by atoms with Crippen LogP contribution in [0.25, 0.3) is 0 Å². The highest BCUT2D eigenvalue weighted by Gasteiger charge is 2.20. The molecule has 0 aliphatic carbocycles. The molecule has 0 aromatic carbocycles. The van der Waals surface area contributed by atoms with E-state index in [0.717, 1.165) is 12.2 Å². The van der Waals surface area contributed by atoms with E-state index in [1.165, 1.54) is 0 Å². The predicted octanol–water partition coefficient (Wildman–Crippen LogP) is 0.354. The fraction of sp³-hybridized carbons (Fsp3) is 0.750. The summed E-state index contributed by atoms with van der Waals surface area (Å²) in [5.74, 6) is 0.898. The molecule has 1 rings (SSSR count). The van der Waals surface area contributed by atoms with Crippen molar-refractivity contribution in [2.75, 3.05) is 11.9 Å². The standard InChI is InChI=1S/C8H17N5/c1-4-8(2,6-9)11-7-5-10-12-13(7)3/h5,11H,4,6,9H2,1-3H3. The third kappa shape index (κ3) is 2.18. The predicted molar refractivity (Wildman–Crippen MR) is 52.4 cm³/mol. The topological polar surface area (TPSA) is 68.8 Å². The normalized spacial score (nSPS) is 15.4. The number of nitrogens with two attached hydrogens (primary N) is 1. The van der Waals surface area contributed by atoms with Crippen LogP contribution in [-0.4, -0.2) is 27.1 Å². The first kappa shape index (κ1) is 9.98. The number of anilines is 1. The summed E-state index contributed by atoms with van der Waals surface area (Å²) in [6.07, 6.45) is 2.66. The first-order valence-corrected chi connectivity index (χ1v) is 4.44. The summed E-state index contributed by atoms with van der Waals surface area (Å²) < 4.78 is 1.70. The zero-order valence-corrected chi connectivity index (χ0v) is 8.41. The molecule has 0 saturated carbocycles. The Bertz CT molecular complexity index is 263. The van der Waals surface area contributed by atoms with Crippen molar-refractivity contribution in [3.8, 4) is 0 Å². The van der Waals surface area contributed by atoms with Gasteiger partial charge in [0.15, 0.2) is 0 Å². The Morgan fingerprint density at radius 1 is 1.69 bits per heavy atom. The molecule has 0 aliphatic rings. The van der Waals surface area contributed by atoms with E-state index in [9.17, 15) is 0 Å². The van der Waals surface area contributed by atoms with Gasteiger partial charge in [-0.1, -0.05) is 12.1 Å². The molecule has 0 saturated heterocycles. The van der Waals surface area contributed by atoms with Crippen LogP contribution in [0, 0.1) is 0 Å². The van der Waals surface area contributed by atoms with Crippen LogP contribution in [0.15, 0.2) is 6.20 Å². The maximum atomic E-state index is 5.67. The molecule has 74 valence electrons. The summed E-state index contributed by atoms with van der Waals surface area (Å²) >= 11 is 0. The van der Waals surface area contributed by atoms with Gasteiger partial charge in [0.05, 0.1) is 6.20 Å². The highest BCUT2D eigenvalue weighted by atomic mass is 15.4. The Labute approximate surface area is 78.3 Å². The van der Waals surface area contributed by atoms with Crippen LogP contribution in [0.1, 0.15) is 20.3 Å². The van der Waals surface area contributed by atoms with Crippen LogP contribution in [0.5, 0.6) is 0 Å². The van der Waals surface area contributed by atoms with Crippen LogP contribution >= 0.6 is 0 Å². The summed E-state index contributed by atoms with van der Waals surface area (Å²) in [5, 5.41) is 10.9. The van der Waals surface area contributed by atoms with Crippen LogP contribution in [0.4, 0.5) is 5.82 Å². The van der Waals surface area contributed by atoms with Crippen molar-refractivity contribution in [1.29, 1.82) is 0 Å². The molecule has 3 N–H and O–H groups in total. The van der Waals surface area contributed by atoms with E-state index >= 15 is 0 Å². The van der Waals surface area contributed by atoms with Crippen molar-refractivity contribution < 1.29 is 0 Å². The maximum absolute atomic E-state index is 5.67. The lowest BCUT2D eigenvalue weighted by atomic mass is 9.99. The zero-order chi connectivity index (χ0) is 9.90. The van der Waals surface area contributed by atoms with E-state index in [4.69, 9.17) is 5.73 Å². The summed E-state index contributed by atoms with van der Waals surface area (Å²) in [7, 11) is 1.85. The SMILES string of the molecule is CCC(C)(CN)Nc1cnnn1C. The highest BCUT2D eigenvalue weighted by molar-refractivity contribution is 5.34. The Morgan fingerprint density at radius 3 is 2.77 bits per heavy atom. The molecule has 1 unspecified atom stereocenters. The molecular formula is C8H17N5. The number of nitrogens with zero attached hydrogens (tertiary/aromatic N) is 3. The Balaban J connectivity index is 2.73. The second-order valence-corrected chi connectivity index (χ2v) is 3.49. The lowest BCUT2D eigenvalue weighted by molar-refractivity contribution is 0.500.